The number of carbonyl (C=O) groups is 1. The summed E-state index contributed by atoms with van der Waals surface area (Å²) in [4.78, 5) is 24.5. The Morgan fingerprint density at radius 3 is 2.91 bits per heavy atom. The highest BCUT2D eigenvalue weighted by Gasteiger charge is 2.44. The van der Waals surface area contributed by atoms with Crippen LogP contribution >= 0.6 is 0 Å². The average Bonchev–Trinajstić information content (AvgIpc) is 2.92. The molecule has 3 rings (SSSR count). The van der Waals surface area contributed by atoms with Crippen molar-refractivity contribution in [3.63, 3.8) is 0 Å². The van der Waals surface area contributed by atoms with Crippen LogP contribution < -0.4 is 16.2 Å². The molecule has 2 aliphatic rings. The molecule has 23 heavy (non-hydrogen) atoms. The van der Waals surface area contributed by atoms with Gasteiger partial charge in [-0.3, -0.25) is 4.79 Å². The Hall–Kier alpha value is -1.82. The number of amides is 2. The van der Waals surface area contributed by atoms with E-state index in [0.29, 0.717) is 12.2 Å². The molecule has 1 aromatic rings. The molecule has 2 amide bonds. The number of anilines is 1. The summed E-state index contributed by atoms with van der Waals surface area (Å²) in [5.41, 5.74) is 0.332. The van der Waals surface area contributed by atoms with Gasteiger partial charge in [0.25, 0.3) is 5.56 Å². The molecule has 1 atom stereocenters. The Labute approximate surface area is 136 Å². The predicted molar refractivity (Wildman–Crippen MR) is 88.7 cm³/mol. The van der Waals surface area contributed by atoms with Crippen molar-refractivity contribution in [1.82, 2.24) is 9.88 Å². The van der Waals surface area contributed by atoms with Crippen molar-refractivity contribution in [2.24, 2.45) is 5.41 Å². The number of hydrogen-bond acceptors (Lipinski definition) is 3. The lowest BCUT2D eigenvalue weighted by Gasteiger charge is -2.39. The molecule has 0 radical (unpaired) electrons. The van der Waals surface area contributed by atoms with E-state index in [2.05, 4.69) is 10.6 Å². The number of rotatable bonds is 3. The Morgan fingerprint density at radius 1 is 1.39 bits per heavy atom. The zero-order valence-electron chi connectivity index (χ0n) is 13.6. The van der Waals surface area contributed by atoms with E-state index in [0.717, 1.165) is 45.3 Å². The quantitative estimate of drug-likeness (QED) is 0.898. The minimum Gasteiger partial charge on any atom is -0.381 e. The summed E-state index contributed by atoms with van der Waals surface area (Å²) in [6.45, 7) is 4.04. The number of nitrogens with zero attached hydrogens (tertiary/aromatic N) is 1. The number of pyridine rings is 1. The lowest BCUT2D eigenvalue weighted by molar-refractivity contribution is 0.00652. The van der Waals surface area contributed by atoms with Gasteiger partial charge in [-0.25, -0.2) is 4.79 Å². The maximum atomic E-state index is 12.3. The lowest BCUT2D eigenvalue weighted by atomic mass is 9.75. The largest absolute Gasteiger partial charge is 0.381 e. The Morgan fingerprint density at radius 2 is 2.17 bits per heavy atom. The van der Waals surface area contributed by atoms with Crippen LogP contribution in [0.1, 0.15) is 39.0 Å². The van der Waals surface area contributed by atoms with E-state index in [-0.39, 0.29) is 23.0 Å². The maximum Gasteiger partial charge on any atom is 0.319 e. The Kier molecular flexibility index (Phi) is 4.71. The van der Waals surface area contributed by atoms with Crippen molar-refractivity contribution < 1.29 is 9.53 Å². The van der Waals surface area contributed by atoms with E-state index in [1.54, 1.807) is 22.9 Å². The molecule has 1 aromatic heterocycles. The fraction of sp³-hybridized carbons (Fsp3) is 0.647. The highest BCUT2D eigenvalue weighted by Crippen LogP contribution is 2.45. The average molecular weight is 319 g/mol. The summed E-state index contributed by atoms with van der Waals surface area (Å²) in [6.07, 6.45) is 7.02. The second-order valence-electron chi connectivity index (χ2n) is 6.53. The molecule has 6 nitrogen and oxygen atoms in total. The molecule has 1 spiro atoms. The van der Waals surface area contributed by atoms with Crippen LogP contribution in [0, 0.1) is 5.41 Å². The molecule has 1 unspecified atom stereocenters. The van der Waals surface area contributed by atoms with Gasteiger partial charge in [0.1, 0.15) is 5.69 Å². The van der Waals surface area contributed by atoms with E-state index in [1.165, 1.54) is 0 Å². The number of hydrogen-bond donors (Lipinski definition) is 2. The molecule has 1 saturated carbocycles. The third kappa shape index (κ3) is 3.27. The molecule has 6 heteroatoms. The minimum atomic E-state index is -0.284. The molecule has 1 saturated heterocycles. The molecule has 126 valence electrons. The van der Waals surface area contributed by atoms with E-state index in [1.807, 2.05) is 6.92 Å². The highest BCUT2D eigenvalue weighted by molar-refractivity contribution is 5.89. The first kappa shape index (κ1) is 16.1. The molecule has 1 aliphatic carbocycles. The second-order valence-corrected chi connectivity index (χ2v) is 6.53. The second kappa shape index (κ2) is 6.74. The fourth-order valence-electron chi connectivity index (χ4n) is 3.94. The predicted octanol–water partition coefficient (Wildman–Crippen LogP) is 2.34. The van der Waals surface area contributed by atoms with Crippen LogP contribution in [0.4, 0.5) is 10.5 Å². The maximum absolute atomic E-state index is 12.3. The molecule has 1 aliphatic heterocycles. The molecule has 2 heterocycles. The van der Waals surface area contributed by atoms with Crippen LogP contribution in [-0.2, 0) is 11.3 Å². The van der Waals surface area contributed by atoms with Crippen molar-refractivity contribution >= 4 is 11.7 Å². The Bertz CT molecular complexity index is 620. The van der Waals surface area contributed by atoms with Crippen molar-refractivity contribution in [2.75, 3.05) is 18.5 Å². The lowest BCUT2D eigenvalue weighted by Crippen LogP contribution is -2.48. The summed E-state index contributed by atoms with van der Waals surface area (Å²) < 4.78 is 7.05. The summed E-state index contributed by atoms with van der Waals surface area (Å²) in [7, 11) is 0. The number of nitrogens with one attached hydrogen (secondary N) is 2. The first-order chi connectivity index (χ1) is 11.1. The van der Waals surface area contributed by atoms with Gasteiger partial charge in [0, 0.05) is 32.0 Å². The topological polar surface area (TPSA) is 72.4 Å². The van der Waals surface area contributed by atoms with E-state index in [4.69, 9.17) is 4.74 Å². The first-order valence-electron chi connectivity index (χ1n) is 8.49. The molecular weight excluding hydrogens is 294 g/mol. The van der Waals surface area contributed by atoms with Crippen LogP contribution in [0.3, 0.4) is 0 Å². The number of aryl methyl sites for hydroxylation is 1. The van der Waals surface area contributed by atoms with Crippen LogP contribution in [0.15, 0.2) is 23.1 Å². The monoisotopic (exact) mass is 319 g/mol. The first-order valence-corrected chi connectivity index (χ1v) is 8.49. The summed E-state index contributed by atoms with van der Waals surface area (Å²) in [5, 5.41) is 5.82. The fourth-order valence-corrected chi connectivity index (χ4v) is 3.94. The molecular formula is C17H25N3O3. The van der Waals surface area contributed by atoms with Gasteiger partial charge >= 0.3 is 6.03 Å². The summed E-state index contributed by atoms with van der Waals surface area (Å²) in [5.74, 6) is 0. The summed E-state index contributed by atoms with van der Waals surface area (Å²) >= 11 is 0. The molecule has 0 aromatic carbocycles. The van der Waals surface area contributed by atoms with Crippen molar-refractivity contribution in [2.45, 2.75) is 51.6 Å². The van der Waals surface area contributed by atoms with Gasteiger partial charge in [-0.2, -0.15) is 0 Å². The van der Waals surface area contributed by atoms with Crippen molar-refractivity contribution in [3.05, 3.63) is 28.7 Å². The third-order valence-corrected chi connectivity index (χ3v) is 5.31. The normalized spacial score (nSPS) is 22.9. The van der Waals surface area contributed by atoms with E-state index >= 15 is 0 Å². The van der Waals surface area contributed by atoms with Crippen LogP contribution in [0.5, 0.6) is 0 Å². The third-order valence-electron chi connectivity index (χ3n) is 5.31. The number of urea groups is 1. The highest BCUT2D eigenvalue weighted by atomic mass is 16.5. The van der Waals surface area contributed by atoms with Gasteiger partial charge in [0.15, 0.2) is 0 Å². The van der Waals surface area contributed by atoms with Gasteiger partial charge in [0.05, 0.1) is 0 Å². The van der Waals surface area contributed by atoms with Gasteiger partial charge in [-0.05, 0) is 50.2 Å². The van der Waals surface area contributed by atoms with Gasteiger partial charge < -0.3 is 19.9 Å². The van der Waals surface area contributed by atoms with Crippen LogP contribution in [-0.4, -0.2) is 29.9 Å². The zero-order chi connectivity index (χ0) is 16.3. The zero-order valence-corrected chi connectivity index (χ0v) is 13.6. The number of carbonyl (C=O) groups excluding carboxylic acids is 1. The minimum absolute atomic E-state index is 0.169. The van der Waals surface area contributed by atoms with Crippen molar-refractivity contribution in [1.29, 1.82) is 0 Å². The standard InChI is InChI=1S/C17H25N3O3/c1-2-20-10-4-5-13(15(20)21)18-16(22)19-14-6-3-7-17(14)8-11-23-12-9-17/h4-5,10,14H,2-3,6-9,11-12H2,1H3,(H2,18,19,22). The van der Waals surface area contributed by atoms with Gasteiger partial charge in [-0.15, -0.1) is 0 Å². The van der Waals surface area contributed by atoms with Crippen LogP contribution in [0.25, 0.3) is 0 Å². The smallest absolute Gasteiger partial charge is 0.319 e. The van der Waals surface area contributed by atoms with Gasteiger partial charge in [-0.1, -0.05) is 6.42 Å². The van der Waals surface area contributed by atoms with Gasteiger partial charge in [0.2, 0.25) is 0 Å². The van der Waals surface area contributed by atoms with E-state index in [9.17, 15) is 9.59 Å². The molecule has 2 N–H and O–H groups in total. The number of aromatic nitrogens is 1. The van der Waals surface area contributed by atoms with Crippen molar-refractivity contribution in [3.8, 4) is 0 Å². The summed E-state index contributed by atoms with van der Waals surface area (Å²) in [6, 6.07) is 3.31. The van der Waals surface area contributed by atoms with Crippen LogP contribution in [0.2, 0.25) is 0 Å². The SMILES string of the molecule is CCn1cccc(NC(=O)NC2CCCC23CCOCC3)c1=O. The molecule has 0 bridgehead atoms. The van der Waals surface area contributed by atoms with E-state index < -0.39 is 0 Å². The number of ether oxygens (including phenoxy) is 1. The molecule has 2 fully saturated rings. The Balaban J connectivity index is 1.66.